The largest absolute Gasteiger partial charge is 0.399 e. The molecule has 0 spiro atoms. The summed E-state index contributed by atoms with van der Waals surface area (Å²) in [7, 11) is 3.13. The summed E-state index contributed by atoms with van der Waals surface area (Å²) >= 11 is 0. The topological polar surface area (TPSA) is 84.7 Å². The van der Waals surface area contributed by atoms with Crippen LogP contribution >= 0.6 is 0 Å². The maximum Gasteiger partial charge on any atom is 0.254 e. The summed E-state index contributed by atoms with van der Waals surface area (Å²) in [5, 5.41) is 2.65. The zero-order valence-electron chi connectivity index (χ0n) is 11.2. The first-order valence-corrected chi connectivity index (χ1v) is 5.91. The minimum Gasteiger partial charge on any atom is -0.399 e. The fraction of sp³-hybridized carbons (Fsp3) is 0.385. The summed E-state index contributed by atoms with van der Waals surface area (Å²) in [6.45, 7) is 0.867. The van der Waals surface area contributed by atoms with Crippen molar-refractivity contribution in [1.29, 1.82) is 0 Å². The summed E-state index contributed by atoms with van der Waals surface area (Å²) < 4.78 is 4.82. The summed E-state index contributed by atoms with van der Waals surface area (Å²) in [5.41, 5.74) is 6.60. The van der Waals surface area contributed by atoms with E-state index in [-0.39, 0.29) is 18.4 Å². The Hall–Kier alpha value is -2.08. The molecule has 6 heteroatoms. The highest BCUT2D eigenvalue weighted by molar-refractivity contribution is 5.96. The molecule has 0 radical (unpaired) electrons. The van der Waals surface area contributed by atoms with Gasteiger partial charge in [0.25, 0.3) is 5.91 Å². The van der Waals surface area contributed by atoms with E-state index >= 15 is 0 Å². The predicted molar refractivity (Wildman–Crippen MR) is 72.7 cm³/mol. The molecule has 104 valence electrons. The number of rotatable bonds is 6. The number of nitrogens with two attached hydrogens (primary N) is 1. The molecule has 0 atom stereocenters. The van der Waals surface area contributed by atoms with Crippen molar-refractivity contribution < 1.29 is 14.3 Å². The first kappa shape index (κ1) is 15.0. The van der Waals surface area contributed by atoms with Gasteiger partial charge in [-0.2, -0.15) is 0 Å². The Morgan fingerprint density at radius 2 is 2.16 bits per heavy atom. The van der Waals surface area contributed by atoms with Crippen LogP contribution in [0.2, 0.25) is 0 Å². The van der Waals surface area contributed by atoms with E-state index in [1.165, 1.54) is 4.90 Å². The number of hydrogen-bond donors (Lipinski definition) is 2. The monoisotopic (exact) mass is 265 g/mol. The fourth-order valence-corrected chi connectivity index (χ4v) is 1.53. The van der Waals surface area contributed by atoms with Crippen LogP contribution in [0.5, 0.6) is 0 Å². The van der Waals surface area contributed by atoms with Gasteiger partial charge in [0.1, 0.15) is 0 Å². The van der Waals surface area contributed by atoms with Crippen molar-refractivity contribution in [3.63, 3.8) is 0 Å². The smallest absolute Gasteiger partial charge is 0.254 e. The van der Waals surface area contributed by atoms with Crippen molar-refractivity contribution in [1.82, 2.24) is 10.2 Å². The van der Waals surface area contributed by atoms with Crippen LogP contribution in [0.15, 0.2) is 24.3 Å². The van der Waals surface area contributed by atoms with Crippen molar-refractivity contribution in [3.05, 3.63) is 29.8 Å². The lowest BCUT2D eigenvalue weighted by atomic mass is 10.2. The molecule has 0 bridgehead atoms. The third kappa shape index (κ3) is 4.97. The first-order chi connectivity index (χ1) is 9.04. The Balaban J connectivity index is 2.51. The fourth-order valence-electron chi connectivity index (χ4n) is 1.53. The molecule has 2 amide bonds. The van der Waals surface area contributed by atoms with Gasteiger partial charge in [-0.1, -0.05) is 6.07 Å². The highest BCUT2D eigenvalue weighted by Gasteiger charge is 2.14. The van der Waals surface area contributed by atoms with E-state index in [1.807, 2.05) is 0 Å². The average Bonchev–Trinajstić information content (AvgIpc) is 2.38. The quantitative estimate of drug-likeness (QED) is 0.564. The Kier molecular flexibility index (Phi) is 5.81. The molecule has 1 rings (SSSR count). The van der Waals surface area contributed by atoms with E-state index in [9.17, 15) is 9.59 Å². The van der Waals surface area contributed by atoms with Crippen LogP contribution in [0.4, 0.5) is 5.69 Å². The van der Waals surface area contributed by atoms with Crippen molar-refractivity contribution in [2.24, 2.45) is 0 Å². The molecule has 0 fully saturated rings. The lowest BCUT2D eigenvalue weighted by Crippen LogP contribution is -2.39. The highest BCUT2D eigenvalue weighted by atomic mass is 16.5. The molecular formula is C13H19N3O3. The number of carbonyl (C=O) groups is 2. The number of nitrogens with zero attached hydrogens (tertiary/aromatic N) is 1. The van der Waals surface area contributed by atoms with Gasteiger partial charge in [0.05, 0.1) is 13.2 Å². The van der Waals surface area contributed by atoms with Gasteiger partial charge in [0.2, 0.25) is 5.91 Å². The minimum atomic E-state index is -0.241. The van der Waals surface area contributed by atoms with Gasteiger partial charge in [-0.05, 0) is 18.2 Å². The number of amides is 2. The lowest BCUT2D eigenvalue weighted by molar-refractivity contribution is -0.121. The van der Waals surface area contributed by atoms with E-state index < -0.39 is 0 Å². The molecule has 0 aliphatic rings. The van der Waals surface area contributed by atoms with Crippen molar-refractivity contribution in [2.45, 2.75) is 0 Å². The minimum absolute atomic E-state index is 0.00263. The molecule has 0 saturated heterocycles. The average molecular weight is 265 g/mol. The number of benzene rings is 1. The van der Waals surface area contributed by atoms with Gasteiger partial charge < -0.3 is 20.7 Å². The van der Waals surface area contributed by atoms with E-state index in [4.69, 9.17) is 10.5 Å². The third-order valence-electron chi connectivity index (χ3n) is 2.49. The zero-order chi connectivity index (χ0) is 14.3. The molecule has 0 heterocycles. The van der Waals surface area contributed by atoms with Crippen molar-refractivity contribution >= 4 is 17.5 Å². The Morgan fingerprint density at radius 1 is 1.42 bits per heavy atom. The molecule has 3 N–H and O–H groups in total. The van der Waals surface area contributed by atoms with E-state index in [2.05, 4.69) is 5.32 Å². The van der Waals surface area contributed by atoms with Gasteiger partial charge in [-0.3, -0.25) is 9.59 Å². The van der Waals surface area contributed by atoms with Gasteiger partial charge in [-0.15, -0.1) is 0 Å². The second-order valence-electron chi connectivity index (χ2n) is 4.13. The molecule has 0 aliphatic carbocycles. The van der Waals surface area contributed by atoms with Crippen LogP contribution in [0, 0.1) is 0 Å². The third-order valence-corrected chi connectivity index (χ3v) is 2.49. The summed E-state index contributed by atoms with van der Waals surface area (Å²) in [6, 6.07) is 6.66. The van der Waals surface area contributed by atoms with Crippen LogP contribution in [0.1, 0.15) is 10.4 Å². The molecular weight excluding hydrogens is 246 g/mol. The van der Waals surface area contributed by atoms with E-state index in [0.717, 1.165) is 0 Å². The van der Waals surface area contributed by atoms with Crippen LogP contribution < -0.4 is 11.1 Å². The van der Waals surface area contributed by atoms with E-state index in [1.54, 1.807) is 38.4 Å². The molecule has 6 nitrogen and oxygen atoms in total. The summed E-state index contributed by atoms with van der Waals surface area (Å²) in [4.78, 5) is 24.9. The summed E-state index contributed by atoms with van der Waals surface area (Å²) in [5.74, 6) is -0.467. The number of likely N-dealkylation sites (N-methyl/N-ethyl adjacent to an activating group) is 1. The van der Waals surface area contributed by atoms with Crippen LogP contribution in [-0.4, -0.2) is 50.6 Å². The first-order valence-electron chi connectivity index (χ1n) is 5.91. The molecule has 1 aromatic rings. The SMILES string of the molecule is COCCNC(=O)CN(C)C(=O)c1cccc(N)c1. The van der Waals surface area contributed by atoms with Gasteiger partial charge in [0.15, 0.2) is 0 Å². The maximum absolute atomic E-state index is 12.0. The number of anilines is 1. The van der Waals surface area contributed by atoms with E-state index in [0.29, 0.717) is 24.4 Å². The van der Waals surface area contributed by atoms with Crippen LogP contribution in [0.3, 0.4) is 0 Å². The molecule has 1 aromatic carbocycles. The van der Waals surface area contributed by atoms with Gasteiger partial charge in [-0.25, -0.2) is 0 Å². The van der Waals surface area contributed by atoms with Crippen molar-refractivity contribution in [2.75, 3.05) is 39.6 Å². The molecule has 0 unspecified atom stereocenters. The predicted octanol–water partition coefficient (Wildman–Crippen LogP) is 0.103. The molecule has 0 aromatic heterocycles. The molecule has 19 heavy (non-hydrogen) atoms. The van der Waals surface area contributed by atoms with Crippen LogP contribution in [0.25, 0.3) is 0 Å². The van der Waals surface area contributed by atoms with Crippen LogP contribution in [-0.2, 0) is 9.53 Å². The maximum atomic E-state index is 12.0. The lowest BCUT2D eigenvalue weighted by Gasteiger charge is -2.17. The number of carbonyl (C=O) groups excluding carboxylic acids is 2. The second kappa shape index (κ2) is 7.38. The highest BCUT2D eigenvalue weighted by Crippen LogP contribution is 2.08. The Bertz CT molecular complexity index is 449. The number of nitrogens with one attached hydrogen (secondary N) is 1. The van der Waals surface area contributed by atoms with Gasteiger partial charge in [0, 0.05) is 32.0 Å². The Morgan fingerprint density at radius 3 is 2.79 bits per heavy atom. The standard InChI is InChI=1S/C13H19N3O3/c1-16(9-12(17)15-6-7-19-2)13(18)10-4-3-5-11(14)8-10/h3-5,8H,6-7,9,14H2,1-2H3,(H,15,17). The molecule has 0 saturated carbocycles. The Labute approximate surface area is 112 Å². The number of hydrogen-bond acceptors (Lipinski definition) is 4. The normalized spacial score (nSPS) is 10.0. The van der Waals surface area contributed by atoms with Gasteiger partial charge >= 0.3 is 0 Å². The number of methoxy groups -OCH3 is 1. The summed E-state index contributed by atoms with van der Waals surface area (Å²) in [6.07, 6.45) is 0. The van der Waals surface area contributed by atoms with Crippen molar-refractivity contribution in [3.8, 4) is 0 Å². The number of ether oxygens (including phenoxy) is 1. The molecule has 0 aliphatic heterocycles. The number of nitrogen functional groups attached to an aromatic ring is 1. The second-order valence-corrected chi connectivity index (χ2v) is 4.13. The zero-order valence-corrected chi connectivity index (χ0v) is 11.2.